The van der Waals surface area contributed by atoms with E-state index in [1.807, 2.05) is 0 Å². The van der Waals surface area contributed by atoms with E-state index in [1.165, 1.54) is 56.8 Å². The molecule has 0 saturated heterocycles. The van der Waals surface area contributed by atoms with Crippen LogP contribution in [0.1, 0.15) is 20.7 Å². The number of ether oxygens (including phenoxy) is 2. The SMILES string of the molecule is COc1cc(NC(=O)c2ccc(-c3ccccc3S(C)(=O)=O)cc2F)c(C(=O)Nc2ccc(Cl)cn2)cc1OC. The molecule has 2 N–H and O–H groups in total. The predicted octanol–water partition coefficient (Wildman–Crippen LogP) is 5.47. The average Bonchev–Trinajstić information content (AvgIpc) is 2.93. The zero-order valence-corrected chi connectivity index (χ0v) is 23.1. The number of methoxy groups -OCH3 is 2. The van der Waals surface area contributed by atoms with Crippen LogP contribution in [0.5, 0.6) is 11.5 Å². The smallest absolute Gasteiger partial charge is 0.259 e. The van der Waals surface area contributed by atoms with Crippen LogP contribution in [0.3, 0.4) is 0 Å². The van der Waals surface area contributed by atoms with E-state index in [-0.39, 0.29) is 44.6 Å². The third kappa shape index (κ3) is 6.22. The molecule has 0 fully saturated rings. The van der Waals surface area contributed by atoms with Crippen molar-refractivity contribution in [3.05, 3.63) is 94.9 Å². The molecule has 0 saturated carbocycles. The number of nitrogens with one attached hydrogen (secondary N) is 2. The summed E-state index contributed by atoms with van der Waals surface area (Å²) < 4.78 is 50.2. The summed E-state index contributed by atoms with van der Waals surface area (Å²) in [6.45, 7) is 0. The summed E-state index contributed by atoms with van der Waals surface area (Å²) >= 11 is 5.85. The fraction of sp³-hybridized carbons (Fsp3) is 0.107. The summed E-state index contributed by atoms with van der Waals surface area (Å²) in [5.41, 5.74) is 0.241. The van der Waals surface area contributed by atoms with Crippen LogP contribution in [0.2, 0.25) is 5.02 Å². The zero-order chi connectivity index (χ0) is 29.0. The van der Waals surface area contributed by atoms with Crippen LogP contribution in [-0.4, -0.2) is 45.7 Å². The number of carbonyl (C=O) groups is 2. The average molecular weight is 584 g/mol. The number of sulfone groups is 1. The molecule has 9 nitrogen and oxygen atoms in total. The van der Waals surface area contributed by atoms with Gasteiger partial charge in [0.1, 0.15) is 11.6 Å². The van der Waals surface area contributed by atoms with Gasteiger partial charge < -0.3 is 20.1 Å². The fourth-order valence-electron chi connectivity index (χ4n) is 3.89. The molecule has 0 unspecified atom stereocenters. The highest BCUT2D eigenvalue weighted by atomic mass is 35.5. The van der Waals surface area contributed by atoms with Crippen LogP contribution < -0.4 is 20.1 Å². The first-order valence-corrected chi connectivity index (χ1v) is 13.9. The molecule has 0 spiro atoms. The summed E-state index contributed by atoms with van der Waals surface area (Å²) in [7, 11) is -0.816. The molecule has 0 bridgehead atoms. The lowest BCUT2D eigenvalue weighted by Crippen LogP contribution is -2.20. The van der Waals surface area contributed by atoms with Gasteiger partial charge in [0.2, 0.25) is 0 Å². The third-order valence-electron chi connectivity index (χ3n) is 5.80. The molecule has 4 rings (SSSR count). The van der Waals surface area contributed by atoms with Crippen LogP contribution in [0.4, 0.5) is 15.9 Å². The van der Waals surface area contributed by atoms with E-state index >= 15 is 4.39 Å². The number of halogens is 2. The Morgan fingerprint density at radius 1 is 0.875 bits per heavy atom. The molecule has 12 heteroatoms. The second kappa shape index (κ2) is 11.7. The molecule has 4 aromatic rings. The Kier molecular flexibility index (Phi) is 8.36. The monoisotopic (exact) mass is 583 g/mol. The molecule has 206 valence electrons. The van der Waals surface area contributed by atoms with E-state index in [9.17, 15) is 18.0 Å². The summed E-state index contributed by atoms with van der Waals surface area (Å²) in [6.07, 6.45) is 2.42. The van der Waals surface area contributed by atoms with Crippen molar-refractivity contribution >= 4 is 44.8 Å². The number of aromatic nitrogens is 1. The number of nitrogens with zero attached hydrogens (tertiary/aromatic N) is 1. The molecule has 0 aliphatic heterocycles. The number of carbonyl (C=O) groups excluding carboxylic acids is 2. The number of pyridine rings is 1. The molecule has 0 aliphatic carbocycles. The summed E-state index contributed by atoms with van der Waals surface area (Å²) in [5, 5.41) is 5.53. The highest BCUT2D eigenvalue weighted by Crippen LogP contribution is 2.35. The second-order valence-electron chi connectivity index (χ2n) is 8.49. The number of benzene rings is 3. The lowest BCUT2D eigenvalue weighted by molar-refractivity contribution is 0.102. The lowest BCUT2D eigenvalue weighted by atomic mass is 10.0. The van der Waals surface area contributed by atoms with Gasteiger partial charge in [0.05, 0.1) is 41.0 Å². The molecule has 0 radical (unpaired) electrons. The molecular formula is C28H23ClFN3O6S. The van der Waals surface area contributed by atoms with Crippen LogP contribution in [0.25, 0.3) is 11.1 Å². The quantitative estimate of drug-likeness (QED) is 0.282. The first-order valence-electron chi connectivity index (χ1n) is 11.6. The lowest BCUT2D eigenvalue weighted by Gasteiger charge is -2.16. The molecule has 0 atom stereocenters. The Morgan fingerprint density at radius 2 is 1.55 bits per heavy atom. The van der Waals surface area contributed by atoms with Gasteiger partial charge in [0.15, 0.2) is 21.3 Å². The Hall–Kier alpha value is -4.48. The topological polar surface area (TPSA) is 124 Å². The Bertz CT molecular complexity index is 1710. The van der Waals surface area contributed by atoms with Gasteiger partial charge in [-0.25, -0.2) is 17.8 Å². The van der Waals surface area contributed by atoms with Crippen molar-refractivity contribution in [1.29, 1.82) is 0 Å². The molecular weight excluding hydrogens is 561 g/mol. The number of anilines is 2. The summed E-state index contributed by atoms with van der Waals surface area (Å²) in [4.78, 5) is 30.3. The first-order chi connectivity index (χ1) is 19.0. The summed E-state index contributed by atoms with van der Waals surface area (Å²) in [6, 6.07) is 15.7. The van der Waals surface area contributed by atoms with E-state index in [4.69, 9.17) is 21.1 Å². The van der Waals surface area contributed by atoms with Gasteiger partial charge in [0.25, 0.3) is 11.8 Å². The van der Waals surface area contributed by atoms with E-state index < -0.39 is 27.5 Å². The van der Waals surface area contributed by atoms with E-state index in [1.54, 1.807) is 24.3 Å². The fourth-order valence-corrected chi connectivity index (χ4v) is 4.91. The van der Waals surface area contributed by atoms with E-state index in [2.05, 4.69) is 15.6 Å². The van der Waals surface area contributed by atoms with Crippen molar-refractivity contribution < 1.29 is 31.9 Å². The van der Waals surface area contributed by atoms with E-state index in [0.717, 1.165) is 12.3 Å². The minimum absolute atomic E-state index is 0.0122. The van der Waals surface area contributed by atoms with Crippen LogP contribution in [0.15, 0.2) is 77.8 Å². The standard InChI is InChI=1S/C28H23ClFN3O6S/c1-38-23-13-20(28(35)33-26-11-9-17(29)15-31-26)22(14-24(23)39-2)32-27(34)19-10-8-16(12-21(19)30)18-6-4-5-7-25(18)40(3,36)37/h4-15H,1-3H3,(H,32,34)(H,31,33,35). The number of hydrogen-bond donors (Lipinski definition) is 2. The minimum Gasteiger partial charge on any atom is -0.493 e. The number of hydrogen-bond acceptors (Lipinski definition) is 7. The Morgan fingerprint density at radius 3 is 2.17 bits per heavy atom. The maximum absolute atomic E-state index is 15.2. The van der Waals surface area contributed by atoms with Gasteiger partial charge in [-0.05, 0) is 42.0 Å². The maximum atomic E-state index is 15.2. The third-order valence-corrected chi connectivity index (χ3v) is 7.18. The first kappa shape index (κ1) is 28.5. The van der Waals surface area contributed by atoms with Crippen LogP contribution in [-0.2, 0) is 9.84 Å². The van der Waals surface area contributed by atoms with Gasteiger partial charge in [0, 0.05) is 24.1 Å². The molecule has 0 aliphatic rings. The highest BCUT2D eigenvalue weighted by Gasteiger charge is 2.22. The van der Waals surface area contributed by atoms with Crippen molar-refractivity contribution in [2.24, 2.45) is 0 Å². The highest BCUT2D eigenvalue weighted by molar-refractivity contribution is 7.90. The van der Waals surface area contributed by atoms with Crippen molar-refractivity contribution in [2.45, 2.75) is 4.90 Å². The molecule has 1 aromatic heterocycles. The minimum atomic E-state index is -3.58. The van der Waals surface area contributed by atoms with Gasteiger partial charge >= 0.3 is 0 Å². The van der Waals surface area contributed by atoms with Crippen molar-refractivity contribution in [1.82, 2.24) is 4.98 Å². The Balaban J connectivity index is 1.68. The molecule has 3 aromatic carbocycles. The van der Waals surface area contributed by atoms with Crippen molar-refractivity contribution in [3.8, 4) is 22.6 Å². The van der Waals surface area contributed by atoms with Gasteiger partial charge in [-0.1, -0.05) is 35.9 Å². The van der Waals surface area contributed by atoms with Crippen LogP contribution in [0, 0.1) is 5.82 Å². The van der Waals surface area contributed by atoms with Crippen LogP contribution >= 0.6 is 11.6 Å². The normalized spacial score (nSPS) is 11.0. The molecule has 40 heavy (non-hydrogen) atoms. The largest absolute Gasteiger partial charge is 0.493 e. The number of rotatable bonds is 8. The molecule has 1 heterocycles. The zero-order valence-electron chi connectivity index (χ0n) is 21.5. The van der Waals surface area contributed by atoms with Crippen molar-refractivity contribution in [2.75, 3.05) is 31.1 Å². The molecule has 2 amide bonds. The second-order valence-corrected chi connectivity index (χ2v) is 10.9. The summed E-state index contributed by atoms with van der Waals surface area (Å²) in [5.74, 6) is -1.75. The van der Waals surface area contributed by atoms with Gasteiger partial charge in [-0.2, -0.15) is 0 Å². The van der Waals surface area contributed by atoms with Crippen molar-refractivity contribution in [3.63, 3.8) is 0 Å². The maximum Gasteiger partial charge on any atom is 0.259 e. The Labute approximate surface area is 234 Å². The van der Waals surface area contributed by atoms with Gasteiger partial charge in [-0.15, -0.1) is 0 Å². The number of amides is 2. The van der Waals surface area contributed by atoms with Gasteiger partial charge in [-0.3, -0.25) is 9.59 Å². The van der Waals surface area contributed by atoms with E-state index in [0.29, 0.717) is 10.6 Å². The predicted molar refractivity (Wildman–Crippen MR) is 150 cm³/mol.